The summed E-state index contributed by atoms with van der Waals surface area (Å²) in [4.78, 5) is 12.9. The molecule has 2 heterocycles. The molecule has 0 aliphatic carbocycles. The Hall–Kier alpha value is -2.59. The average Bonchev–Trinajstić information content (AvgIpc) is 2.61. The molecule has 0 spiro atoms. The highest BCUT2D eigenvalue weighted by Gasteiger charge is 2.08. The molecule has 2 aromatic heterocycles. The molecule has 114 valence electrons. The van der Waals surface area contributed by atoms with Gasteiger partial charge in [-0.25, -0.2) is 4.98 Å². The van der Waals surface area contributed by atoms with Crippen molar-refractivity contribution in [1.82, 2.24) is 9.97 Å². The third kappa shape index (κ3) is 4.46. The van der Waals surface area contributed by atoms with Crippen molar-refractivity contribution in [3.05, 3.63) is 73.2 Å². The first-order valence-electron chi connectivity index (χ1n) is 7.13. The highest BCUT2D eigenvalue weighted by atomic mass is 16.3. The van der Waals surface area contributed by atoms with Gasteiger partial charge in [0.25, 0.3) is 0 Å². The zero-order valence-electron chi connectivity index (χ0n) is 13.0. The SMILES string of the molecule is C=CN=C(C=C)c1cc(CO)cc(-c2ccccn2)n1.CC. The number of aliphatic hydroxyl groups is 1. The van der Waals surface area contributed by atoms with E-state index in [1.165, 1.54) is 6.20 Å². The summed E-state index contributed by atoms with van der Waals surface area (Å²) < 4.78 is 0. The molecule has 0 amide bonds. The van der Waals surface area contributed by atoms with Gasteiger partial charge in [0.15, 0.2) is 0 Å². The Balaban J connectivity index is 0.00000116. The van der Waals surface area contributed by atoms with E-state index in [2.05, 4.69) is 28.1 Å². The second-order valence-corrected chi connectivity index (χ2v) is 4.02. The summed E-state index contributed by atoms with van der Waals surface area (Å²) in [6.07, 6.45) is 4.74. The van der Waals surface area contributed by atoms with E-state index in [9.17, 15) is 5.11 Å². The van der Waals surface area contributed by atoms with Crippen molar-refractivity contribution >= 4 is 5.71 Å². The number of nitrogens with zero attached hydrogens (tertiary/aromatic N) is 3. The maximum atomic E-state index is 9.38. The maximum Gasteiger partial charge on any atom is 0.0897 e. The largest absolute Gasteiger partial charge is 0.392 e. The molecule has 0 fully saturated rings. The van der Waals surface area contributed by atoms with Crippen LogP contribution in [0.1, 0.15) is 25.1 Å². The van der Waals surface area contributed by atoms with Crippen LogP contribution in [0.3, 0.4) is 0 Å². The molecule has 2 rings (SSSR count). The van der Waals surface area contributed by atoms with Crippen LogP contribution in [0.2, 0.25) is 0 Å². The van der Waals surface area contributed by atoms with Gasteiger partial charge in [-0.2, -0.15) is 0 Å². The van der Waals surface area contributed by atoms with E-state index in [1.54, 1.807) is 24.4 Å². The highest BCUT2D eigenvalue weighted by molar-refractivity contribution is 6.07. The van der Waals surface area contributed by atoms with Crippen molar-refractivity contribution in [2.24, 2.45) is 4.99 Å². The number of aliphatic hydroxyl groups excluding tert-OH is 1. The molecular formula is C18H21N3O. The van der Waals surface area contributed by atoms with E-state index in [0.29, 0.717) is 17.1 Å². The summed E-state index contributed by atoms with van der Waals surface area (Å²) in [5.74, 6) is 0. The smallest absolute Gasteiger partial charge is 0.0897 e. The van der Waals surface area contributed by atoms with Gasteiger partial charge >= 0.3 is 0 Å². The van der Waals surface area contributed by atoms with E-state index < -0.39 is 0 Å². The van der Waals surface area contributed by atoms with Crippen LogP contribution in [0, 0.1) is 0 Å². The Morgan fingerprint density at radius 2 is 2.00 bits per heavy atom. The highest BCUT2D eigenvalue weighted by Crippen LogP contribution is 2.17. The first-order chi connectivity index (χ1) is 10.8. The zero-order chi connectivity index (χ0) is 16.4. The Bertz CT molecular complexity index is 649. The molecule has 0 unspecified atom stereocenters. The third-order valence-corrected chi connectivity index (χ3v) is 2.68. The Labute approximate surface area is 131 Å². The van der Waals surface area contributed by atoms with Crippen molar-refractivity contribution in [3.8, 4) is 11.4 Å². The van der Waals surface area contributed by atoms with Crippen molar-refractivity contribution < 1.29 is 5.11 Å². The van der Waals surface area contributed by atoms with Gasteiger partial charge in [-0.3, -0.25) is 9.98 Å². The molecule has 0 aliphatic rings. The van der Waals surface area contributed by atoms with Gasteiger partial charge < -0.3 is 5.11 Å². The van der Waals surface area contributed by atoms with Crippen LogP contribution in [0.5, 0.6) is 0 Å². The third-order valence-electron chi connectivity index (χ3n) is 2.68. The lowest BCUT2D eigenvalue weighted by molar-refractivity contribution is 0.282. The number of allylic oxidation sites excluding steroid dienone is 1. The second kappa shape index (κ2) is 9.37. The van der Waals surface area contributed by atoms with Crippen molar-refractivity contribution in [1.29, 1.82) is 0 Å². The standard InChI is InChI=1S/C16H15N3O.C2H6/c1-3-13(17-4-2)15-9-12(11-20)10-16(19-15)14-7-5-6-8-18-14;1-2/h3-10,20H,1-2,11H2;1-2H3. The van der Waals surface area contributed by atoms with Gasteiger partial charge in [0.05, 0.1) is 29.4 Å². The average molecular weight is 295 g/mol. The van der Waals surface area contributed by atoms with Crippen molar-refractivity contribution in [3.63, 3.8) is 0 Å². The fourth-order valence-corrected chi connectivity index (χ4v) is 1.78. The minimum Gasteiger partial charge on any atom is -0.392 e. The molecule has 4 nitrogen and oxygen atoms in total. The van der Waals surface area contributed by atoms with Crippen LogP contribution in [-0.4, -0.2) is 20.8 Å². The number of hydrogen-bond donors (Lipinski definition) is 1. The second-order valence-electron chi connectivity index (χ2n) is 4.02. The molecule has 2 aromatic rings. The molecule has 0 aromatic carbocycles. The maximum absolute atomic E-state index is 9.38. The molecule has 22 heavy (non-hydrogen) atoms. The van der Waals surface area contributed by atoms with Gasteiger partial charge in [0.2, 0.25) is 0 Å². The number of pyridine rings is 2. The van der Waals surface area contributed by atoms with Crippen LogP contribution >= 0.6 is 0 Å². The molecule has 0 radical (unpaired) electrons. The summed E-state index contributed by atoms with van der Waals surface area (Å²) >= 11 is 0. The molecule has 4 heteroatoms. The van der Waals surface area contributed by atoms with E-state index >= 15 is 0 Å². The fourth-order valence-electron chi connectivity index (χ4n) is 1.78. The van der Waals surface area contributed by atoms with Gasteiger partial charge in [-0.15, -0.1) is 0 Å². The first kappa shape index (κ1) is 17.5. The minimum atomic E-state index is -0.0755. The summed E-state index contributed by atoms with van der Waals surface area (Å²) in [6, 6.07) is 9.18. The molecule has 1 N–H and O–H groups in total. The molecule has 0 atom stereocenters. The Morgan fingerprint density at radius 3 is 2.55 bits per heavy atom. The molecule has 0 saturated heterocycles. The minimum absolute atomic E-state index is 0.0755. The van der Waals surface area contributed by atoms with Gasteiger partial charge in [0, 0.05) is 12.4 Å². The predicted molar refractivity (Wildman–Crippen MR) is 91.7 cm³/mol. The number of hydrogen-bond acceptors (Lipinski definition) is 4. The normalized spacial score (nSPS) is 10.4. The van der Waals surface area contributed by atoms with Crippen molar-refractivity contribution in [2.45, 2.75) is 20.5 Å². The van der Waals surface area contributed by atoms with Gasteiger partial charge in [0.1, 0.15) is 0 Å². The van der Waals surface area contributed by atoms with Crippen LogP contribution in [0.4, 0.5) is 0 Å². The van der Waals surface area contributed by atoms with E-state index in [1.807, 2.05) is 32.0 Å². The van der Waals surface area contributed by atoms with E-state index in [4.69, 9.17) is 0 Å². The monoisotopic (exact) mass is 295 g/mol. The zero-order valence-corrected chi connectivity index (χ0v) is 13.0. The van der Waals surface area contributed by atoms with Crippen LogP contribution < -0.4 is 0 Å². The van der Waals surface area contributed by atoms with E-state index in [0.717, 1.165) is 11.3 Å². The molecule has 0 aliphatic heterocycles. The number of rotatable bonds is 5. The lowest BCUT2D eigenvalue weighted by Crippen LogP contribution is -2.03. The van der Waals surface area contributed by atoms with Crippen LogP contribution in [0.25, 0.3) is 11.4 Å². The molecule has 0 bridgehead atoms. The number of aliphatic imine (C=N–C) groups is 1. The first-order valence-corrected chi connectivity index (χ1v) is 7.13. The lowest BCUT2D eigenvalue weighted by atomic mass is 10.1. The summed E-state index contributed by atoms with van der Waals surface area (Å²) in [5, 5.41) is 9.38. The van der Waals surface area contributed by atoms with E-state index in [-0.39, 0.29) is 6.61 Å². The van der Waals surface area contributed by atoms with Gasteiger partial charge in [-0.1, -0.05) is 33.1 Å². The Morgan fingerprint density at radius 1 is 1.23 bits per heavy atom. The summed E-state index contributed by atoms with van der Waals surface area (Å²) in [6.45, 7) is 11.2. The van der Waals surface area contributed by atoms with Crippen LogP contribution in [-0.2, 0) is 6.61 Å². The summed E-state index contributed by atoms with van der Waals surface area (Å²) in [5.41, 5.74) is 3.41. The van der Waals surface area contributed by atoms with Gasteiger partial charge in [-0.05, 0) is 35.9 Å². The lowest BCUT2D eigenvalue weighted by Gasteiger charge is -2.07. The number of aromatic nitrogens is 2. The molecular weight excluding hydrogens is 274 g/mol. The Kier molecular flexibility index (Phi) is 7.43. The fraction of sp³-hybridized carbons (Fsp3) is 0.167. The van der Waals surface area contributed by atoms with Crippen LogP contribution in [0.15, 0.2) is 67.0 Å². The predicted octanol–water partition coefficient (Wildman–Crippen LogP) is 3.78. The van der Waals surface area contributed by atoms with Crippen molar-refractivity contribution in [2.75, 3.05) is 0 Å². The quantitative estimate of drug-likeness (QED) is 0.854. The molecule has 0 saturated carbocycles. The topological polar surface area (TPSA) is 58.4 Å². The summed E-state index contributed by atoms with van der Waals surface area (Å²) in [7, 11) is 0.